The van der Waals surface area contributed by atoms with Gasteiger partial charge < -0.3 is 10.6 Å². The smallest absolute Gasteiger partial charge is 0.263 e. The van der Waals surface area contributed by atoms with Crippen LogP contribution in [0.2, 0.25) is 0 Å². The molecule has 1 atom stereocenters. The predicted molar refractivity (Wildman–Crippen MR) is 105 cm³/mol. The van der Waals surface area contributed by atoms with Crippen LogP contribution in [0.15, 0.2) is 30.1 Å². The Kier molecular flexibility index (Phi) is 4.67. The van der Waals surface area contributed by atoms with Crippen molar-refractivity contribution in [3.05, 3.63) is 35.7 Å². The first kappa shape index (κ1) is 18.0. The van der Waals surface area contributed by atoms with Crippen LogP contribution < -0.4 is 10.6 Å². The highest BCUT2D eigenvalue weighted by atomic mass is 16.1. The summed E-state index contributed by atoms with van der Waals surface area (Å²) in [6.07, 6.45) is 11.0. The fourth-order valence-corrected chi connectivity index (χ4v) is 6.06. The standard InChI is InChI=1S/C22H28N4O/c1-14-4-3-5-24-20(14)25-13-19(12-23)21(27)26-15(2)22-9-16-6-17(10-22)8-18(7-16)11-22/h3-5,13,15-18H,6-11H2,1-2H3,(H,24,25)(H,26,27)/b19-13-. The first-order valence-corrected chi connectivity index (χ1v) is 10.1. The van der Waals surface area contributed by atoms with Crippen LogP contribution in [0.25, 0.3) is 0 Å². The van der Waals surface area contributed by atoms with E-state index in [0.717, 1.165) is 23.3 Å². The zero-order chi connectivity index (χ0) is 19.0. The zero-order valence-electron chi connectivity index (χ0n) is 16.2. The number of hydrogen-bond acceptors (Lipinski definition) is 4. The fourth-order valence-electron chi connectivity index (χ4n) is 6.06. The maximum Gasteiger partial charge on any atom is 0.263 e. The van der Waals surface area contributed by atoms with Gasteiger partial charge in [-0.25, -0.2) is 4.98 Å². The molecule has 4 saturated carbocycles. The number of carbonyl (C=O) groups is 1. The first-order valence-electron chi connectivity index (χ1n) is 10.1. The Bertz CT molecular complexity index is 771. The molecule has 4 aliphatic carbocycles. The second-order valence-corrected chi connectivity index (χ2v) is 8.96. The van der Waals surface area contributed by atoms with E-state index in [4.69, 9.17) is 0 Å². The molecule has 2 N–H and O–H groups in total. The van der Waals surface area contributed by atoms with Crippen molar-refractivity contribution < 1.29 is 4.79 Å². The fraction of sp³-hybridized carbons (Fsp3) is 0.591. The van der Waals surface area contributed by atoms with Crippen molar-refractivity contribution in [2.45, 2.75) is 58.4 Å². The molecule has 5 heteroatoms. The Balaban J connectivity index is 1.44. The summed E-state index contributed by atoms with van der Waals surface area (Å²) in [5, 5.41) is 15.6. The molecule has 0 aromatic carbocycles. The molecule has 0 saturated heterocycles. The summed E-state index contributed by atoms with van der Waals surface area (Å²) in [5.74, 6) is 2.90. The van der Waals surface area contributed by atoms with Crippen LogP contribution in [0, 0.1) is 41.4 Å². The molecule has 0 radical (unpaired) electrons. The van der Waals surface area contributed by atoms with Crippen molar-refractivity contribution in [2.24, 2.45) is 23.2 Å². The number of nitrogens with zero attached hydrogens (tertiary/aromatic N) is 2. The summed E-state index contributed by atoms with van der Waals surface area (Å²) < 4.78 is 0. The number of aryl methyl sites for hydroxylation is 1. The van der Waals surface area contributed by atoms with Crippen LogP contribution >= 0.6 is 0 Å². The molecule has 1 aromatic heterocycles. The van der Waals surface area contributed by atoms with E-state index in [9.17, 15) is 10.1 Å². The van der Waals surface area contributed by atoms with Gasteiger partial charge in [-0.15, -0.1) is 0 Å². The van der Waals surface area contributed by atoms with Gasteiger partial charge in [-0.1, -0.05) is 6.07 Å². The number of anilines is 1. The van der Waals surface area contributed by atoms with Crippen molar-refractivity contribution in [1.82, 2.24) is 10.3 Å². The topological polar surface area (TPSA) is 77.8 Å². The van der Waals surface area contributed by atoms with E-state index in [2.05, 4.69) is 22.5 Å². The largest absolute Gasteiger partial charge is 0.348 e. The van der Waals surface area contributed by atoms with Gasteiger partial charge >= 0.3 is 0 Å². The molecule has 4 bridgehead atoms. The van der Waals surface area contributed by atoms with Crippen molar-refractivity contribution >= 4 is 11.7 Å². The van der Waals surface area contributed by atoms with Crippen LogP contribution in [-0.2, 0) is 4.79 Å². The number of aromatic nitrogens is 1. The molecule has 5 nitrogen and oxygen atoms in total. The SMILES string of the molecule is Cc1cccnc1N/C=C(/C#N)C(=O)NC(C)C12CC3CC(CC(C3)C1)C2. The van der Waals surface area contributed by atoms with E-state index in [1.807, 2.05) is 25.1 Å². The minimum Gasteiger partial charge on any atom is -0.348 e. The second kappa shape index (κ2) is 6.99. The summed E-state index contributed by atoms with van der Waals surface area (Å²) >= 11 is 0. The van der Waals surface area contributed by atoms with E-state index in [1.165, 1.54) is 44.7 Å². The lowest BCUT2D eigenvalue weighted by Crippen LogP contribution is -2.56. The van der Waals surface area contributed by atoms with Crippen LogP contribution in [0.1, 0.15) is 51.0 Å². The normalized spacial score (nSPS) is 32.6. The van der Waals surface area contributed by atoms with E-state index in [-0.39, 0.29) is 22.9 Å². The van der Waals surface area contributed by atoms with Crippen molar-refractivity contribution in [3.63, 3.8) is 0 Å². The monoisotopic (exact) mass is 364 g/mol. The van der Waals surface area contributed by atoms with E-state index in [1.54, 1.807) is 6.20 Å². The zero-order valence-corrected chi connectivity index (χ0v) is 16.2. The molecule has 1 amide bonds. The maximum atomic E-state index is 12.7. The number of nitrogens with one attached hydrogen (secondary N) is 2. The number of hydrogen-bond donors (Lipinski definition) is 2. The van der Waals surface area contributed by atoms with Gasteiger partial charge in [0.2, 0.25) is 0 Å². The number of pyridine rings is 1. The molecule has 1 heterocycles. The van der Waals surface area contributed by atoms with Crippen LogP contribution in [0.4, 0.5) is 5.82 Å². The molecule has 0 aliphatic heterocycles. The van der Waals surface area contributed by atoms with Gasteiger partial charge in [0.15, 0.2) is 0 Å². The third-order valence-electron chi connectivity index (χ3n) is 7.08. The molecule has 5 rings (SSSR count). The summed E-state index contributed by atoms with van der Waals surface area (Å²) in [5.41, 5.74) is 1.29. The highest BCUT2D eigenvalue weighted by molar-refractivity contribution is 5.97. The van der Waals surface area contributed by atoms with E-state index in [0.29, 0.717) is 5.82 Å². The van der Waals surface area contributed by atoms with Gasteiger partial charge in [0, 0.05) is 18.4 Å². The molecule has 0 spiro atoms. The number of carbonyl (C=O) groups excluding carboxylic acids is 1. The van der Waals surface area contributed by atoms with Gasteiger partial charge in [-0.3, -0.25) is 4.79 Å². The minimum absolute atomic E-state index is 0.0941. The summed E-state index contributed by atoms with van der Waals surface area (Å²) in [4.78, 5) is 17.0. The maximum absolute atomic E-state index is 12.7. The Morgan fingerprint density at radius 1 is 1.30 bits per heavy atom. The molecule has 142 valence electrons. The molecule has 4 fully saturated rings. The van der Waals surface area contributed by atoms with Crippen molar-refractivity contribution in [3.8, 4) is 6.07 Å². The van der Waals surface area contributed by atoms with Gasteiger partial charge in [-0.05, 0) is 87.2 Å². The van der Waals surface area contributed by atoms with Gasteiger partial charge in [0.25, 0.3) is 5.91 Å². The summed E-state index contributed by atoms with van der Waals surface area (Å²) in [6.45, 7) is 4.07. The average Bonchev–Trinajstić information content (AvgIpc) is 2.62. The molecular weight excluding hydrogens is 336 g/mol. The molecule has 4 aliphatic rings. The highest BCUT2D eigenvalue weighted by Crippen LogP contribution is 2.61. The lowest BCUT2D eigenvalue weighted by atomic mass is 9.48. The Hall–Kier alpha value is -2.35. The van der Waals surface area contributed by atoms with Crippen molar-refractivity contribution in [1.29, 1.82) is 5.26 Å². The molecule has 1 unspecified atom stereocenters. The van der Waals surface area contributed by atoms with Crippen LogP contribution in [0.5, 0.6) is 0 Å². The Labute approximate surface area is 161 Å². The lowest BCUT2D eigenvalue weighted by Gasteiger charge is -2.59. The summed E-state index contributed by atoms with van der Waals surface area (Å²) in [7, 11) is 0. The third kappa shape index (κ3) is 3.45. The van der Waals surface area contributed by atoms with Crippen molar-refractivity contribution in [2.75, 3.05) is 5.32 Å². The predicted octanol–water partition coefficient (Wildman–Crippen LogP) is 3.93. The van der Waals surface area contributed by atoms with E-state index < -0.39 is 0 Å². The minimum atomic E-state index is -0.290. The first-order chi connectivity index (χ1) is 13.0. The molecule has 1 aromatic rings. The van der Waals surface area contributed by atoms with Gasteiger partial charge in [-0.2, -0.15) is 5.26 Å². The Morgan fingerprint density at radius 2 is 1.93 bits per heavy atom. The Morgan fingerprint density at radius 3 is 2.48 bits per heavy atom. The molecular formula is C22H28N4O. The quantitative estimate of drug-likeness (QED) is 0.613. The highest BCUT2D eigenvalue weighted by Gasteiger charge is 2.53. The number of amides is 1. The van der Waals surface area contributed by atoms with Crippen LogP contribution in [-0.4, -0.2) is 16.9 Å². The number of rotatable bonds is 5. The lowest BCUT2D eigenvalue weighted by molar-refractivity contribution is -0.122. The van der Waals surface area contributed by atoms with Gasteiger partial charge in [0.05, 0.1) is 0 Å². The van der Waals surface area contributed by atoms with Gasteiger partial charge in [0.1, 0.15) is 17.5 Å². The third-order valence-corrected chi connectivity index (χ3v) is 7.08. The second-order valence-electron chi connectivity index (χ2n) is 8.96. The number of nitriles is 1. The average molecular weight is 364 g/mol. The van der Waals surface area contributed by atoms with Crippen LogP contribution in [0.3, 0.4) is 0 Å². The molecule has 27 heavy (non-hydrogen) atoms. The summed E-state index contributed by atoms with van der Waals surface area (Å²) in [6, 6.07) is 5.92. The van der Waals surface area contributed by atoms with E-state index >= 15 is 0 Å².